The van der Waals surface area contributed by atoms with Gasteiger partial charge in [0.15, 0.2) is 0 Å². The highest BCUT2D eigenvalue weighted by molar-refractivity contribution is 5.66. The first kappa shape index (κ1) is 19.8. The van der Waals surface area contributed by atoms with Gasteiger partial charge in [0.1, 0.15) is 17.6 Å². The predicted molar refractivity (Wildman–Crippen MR) is 99.0 cm³/mol. The van der Waals surface area contributed by atoms with E-state index < -0.39 is 6.10 Å². The summed E-state index contributed by atoms with van der Waals surface area (Å²) in [5.41, 5.74) is 2.08. The molecule has 0 fully saturated rings. The zero-order valence-electron chi connectivity index (χ0n) is 15.0. The van der Waals surface area contributed by atoms with Crippen LogP contribution in [0.15, 0.2) is 48.5 Å². The van der Waals surface area contributed by atoms with E-state index in [-0.39, 0.29) is 23.6 Å². The zero-order valence-corrected chi connectivity index (χ0v) is 15.0. The first-order chi connectivity index (χ1) is 12.4. The Kier molecular flexibility index (Phi) is 7.48. The van der Waals surface area contributed by atoms with Crippen molar-refractivity contribution in [2.45, 2.75) is 51.2 Å². The van der Waals surface area contributed by atoms with Crippen molar-refractivity contribution in [2.75, 3.05) is 0 Å². The van der Waals surface area contributed by atoms with E-state index in [0.29, 0.717) is 32.1 Å². The number of aliphatic hydroxyl groups is 1. The number of carbonyl (C=O) groups excluding carboxylic acids is 1. The SMILES string of the molecule is CC(=O)O[C@H](CCc1ccc(O)cc1)C[C@H](O)CCc1ccc(O)cc1. The predicted octanol–water partition coefficient (Wildman–Crippen LogP) is 3.35. The van der Waals surface area contributed by atoms with Crippen molar-refractivity contribution >= 4 is 5.97 Å². The van der Waals surface area contributed by atoms with Crippen LogP contribution in [0.2, 0.25) is 0 Å². The molecule has 0 unspecified atom stereocenters. The second kappa shape index (κ2) is 9.82. The molecule has 0 saturated heterocycles. The van der Waals surface area contributed by atoms with Crippen molar-refractivity contribution in [3.8, 4) is 11.5 Å². The molecule has 2 rings (SSSR count). The lowest BCUT2D eigenvalue weighted by molar-refractivity contribution is -0.148. The molecule has 0 aromatic heterocycles. The Morgan fingerprint density at radius 3 is 1.81 bits per heavy atom. The standard InChI is InChI=1S/C21H26O5/c1-15(22)26-21(13-7-17-4-10-19(24)11-5-17)14-20(25)12-6-16-2-8-18(23)9-3-16/h2-5,8-11,20-21,23-25H,6-7,12-14H2,1H3/t20-,21-/m1/s1. The van der Waals surface area contributed by atoms with Crippen LogP contribution in [0.5, 0.6) is 11.5 Å². The number of aliphatic hydroxyl groups excluding tert-OH is 1. The van der Waals surface area contributed by atoms with E-state index in [2.05, 4.69) is 0 Å². The first-order valence-electron chi connectivity index (χ1n) is 8.83. The molecule has 5 heteroatoms. The monoisotopic (exact) mass is 358 g/mol. The molecular weight excluding hydrogens is 332 g/mol. The zero-order chi connectivity index (χ0) is 18.9. The number of aryl methyl sites for hydroxylation is 2. The molecule has 0 aliphatic rings. The van der Waals surface area contributed by atoms with E-state index in [0.717, 1.165) is 11.1 Å². The van der Waals surface area contributed by atoms with Crippen LogP contribution in [0.25, 0.3) is 0 Å². The number of aromatic hydroxyl groups is 2. The van der Waals surface area contributed by atoms with Gasteiger partial charge in [0, 0.05) is 13.3 Å². The molecule has 26 heavy (non-hydrogen) atoms. The molecule has 2 aromatic carbocycles. The minimum Gasteiger partial charge on any atom is -0.508 e. The van der Waals surface area contributed by atoms with Crippen LogP contribution in [-0.4, -0.2) is 33.5 Å². The number of rotatable bonds is 9. The molecule has 2 atom stereocenters. The molecule has 5 nitrogen and oxygen atoms in total. The Labute approximate surface area is 153 Å². The number of phenols is 2. The largest absolute Gasteiger partial charge is 0.508 e. The summed E-state index contributed by atoms with van der Waals surface area (Å²) in [5.74, 6) is 0.0832. The Bertz CT molecular complexity index is 679. The fourth-order valence-electron chi connectivity index (χ4n) is 2.87. The Balaban J connectivity index is 1.83. The second-order valence-electron chi connectivity index (χ2n) is 6.53. The van der Waals surface area contributed by atoms with E-state index in [1.807, 2.05) is 24.3 Å². The third kappa shape index (κ3) is 7.15. The van der Waals surface area contributed by atoms with Gasteiger partial charge < -0.3 is 20.1 Å². The maximum atomic E-state index is 11.3. The molecule has 0 amide bonds. The smallest absolute Gasteiger partial charge is 0.302 e. The van der Waals surface area contributed by atoms with Crippen LogP contribution in [0.1, 0.15) is 37.3 Å². The molecule has 0 aliphatic carbocycles. The summed E-state index contributed by atoms with van der Waals surface area (Å²) in [7, 11) is 0. The van der Waals surface area contributed by atoms with Crippen LogP contribution >= 0.6 is 0 Å². The van der Waals surface area contributed by atoms with Crippen LogP contribution in [-0.2, 0) is 22.4 Å². The Morgan fingerprint density at radius 2 is 1.35 bits per heavy atom. The van der Waals surface area contributed by atoms with Crippen LogP contribution < -0.4 is 0 Å². The molecule has 0 bridgehead atoms. The van der Waals surface area contributed by atoms with E-state index in [1.54, 1.807) is 24.3 Å². The van der Waals surface area contributed by atoms with Gasteiger partial charge in [-0.1, -0.05) is 24.3 Å². The Morgan fingerprint density at radius 1 is 0.885 bits per heavy atom. The molecule has 3 N–H and O–H groups in total. The maximum absolute atomic E-state index is 11.3. The number of hydrogen-bond acceptors (Lipinski definition) is 5. The highest BCUT2D eigenvalue weighted by Crippen LogP contribution is 2.18. The van der Waals surface area contributed by atoms with Gasteiger partial charge in [-0.2, -0.15) is 0 Å². The van der Waals surface area contributed by atoms with E-state index in [4.69, 9.17) is 4.74 Å². The number of ether oxygens (including phenoxy) is 1. The van der Waals surface area contributed by atoms with Gasteiger partial charge in [-0.05, 0) is 61.1 Å². The van der Waals surface area contributed by atoms with Crippen molar-refractivity contribution in [3.63, 3.8) is 0 Å². The third-order valence-corrected chi connectivity index (χ3v) is 4.26. The summed E-state index contributed by atoms with van der Waals surface area (Å²) in [4.78, 5) is 11.3. The van der Waals surface area contributed by atoms with Gasteiger partial charge in [0.05, 0.1) is 6.10 Å². The lowest BCUT2D eigenvalue weighted by atomic mass is 9.99. The summed E-state index contributed by atoms with van der Waals surface area (Å²) in [6.45, 7) is 1.37. The topological polar surface area (TPSA) is 87.0 Å². The molecular formula is C21H26O5. The number of carbonyl (C=O) groups is 1. The van der Waals surface area contributed by atoms with E-state index in [9.17, 15) is 20.1 Å². The minimum absolute atomic E-state index is 0.218. The fourth-order valence-corrected chi connectivity index (χ4v) is 2.87. The average molecular weight is 358 g/mol. The van der Waals surface area contributed by atoms with Gasteiger partial charge in [-0.15, -0.1) is 0 Å². The van der Waals surface area contributed by atoms with Crippen LogP contribution in [0.4, 0.5) is 0 Å². The van der Waals surface area contributed by atoms with Gasteiger partial charge in [-0.3, -0.25) is 4.79 Å². The second-order valence-corrected chi connectivity index (χ2v) is 6.53. The van der Waals surface area contributed by atoms with Crippen molar-refractivity contribution < 1.29 is 24.9 Å². The quantitative estimate of drug-likeness (QED) is 0.599. The molecule has 0 radical (unpaired) electrons. The molecule has 2 aromatic rings. The van der Waals surface area contributed by atoms with Crippen LogP contribution in [0.3, 0.4) is 0 Å². The van der Waals surface area contributed by atoms with E-state index >= 15 is 0 Å². The number of hydrogen-bond donors (Lipinski definition) is 3. The van der Waals surface area contributed by atoms with Gasteiger partial charge >= 0.3 is 5.97 Å². The first-order valence-corrected chi connectivity index (χ1v) is 8.83. The summed E-state index contributed by atoms with van der Waals surface area (Å²) < 4.78 is 5.35. The Hall–Kier alpha value is -2.53. The average Bonchev–Trinajstić information content (AvgIpc) is 2.60. The van der Waals surface area contributed by atoms with E-state index in [1.165, 1.54) is 6.92 Å². The molecule has 0 saturated carbocycles. The summed E-state index contributed by atoms with van der Waals surface area (Å²) in [6, 6.07) is 13.8. The fraction of sp³-hybridized carbons (Fsp3) is 0.381. The molecule has 0 heterocycles. The summed E-state index contributed by atoms with van der Waals surface area (Å²) in [6.07, 6.45) is 2.01. The van der Waals surface area contributed by atoms with Crippen molar-refractivity contribution in [2.24, 2.45) is 0 Å². The summed E-state index contributed by atoms with van der Waals surface area (Å²) in [5, 5.41) is 28.9. The highest BCUT2D eigenvalue weighted by Gasteiger charge is 2.17. The minimum atomic E-state index is -0.576. The van der Waals surface area contributed by atoms with Gasteiger partial charge in [-0.25, -0.2) is 0 Å². The highest BCUT2D eigenvalue weighted by atomic mass is 16.5. The lowest BCUT2D eigenvalue weighted by Crippen LogP contribution is -2.24. The summed E-state index contributed by atoms with van der Waals surface area (Å²) >= 11 is 0. The van der Waals surface area contributed by atoms with Gasteiger partial charge in [0.2, 0.25) is 0 Å². The number of esters is 1. The molecule has 0 aliphatic heterocycles. The van der Waals surface area contributed by atoms with Crippen molar-refractivity contribution in [3.05, 3.63) is 59.7 Å². The maximum Gasteiger partial charge on any atom is 0.302 e. The van der Waals surface area contributed by atoms with Crippen molar-refractivity contribution in [1.82, 2.24) is 0 Å². The third-order valence-electron chi connectivity index (χ3n) is 4.26. The lowest BCUT2D eigenvalue weighted by Gasteiger charge is -2.20. The van der Waals surface area contributed by atoms with Gasteiger partial charge in [0.25, 0.3) is 0 Å². The normalized spacial score (nSPS) is 13.2. The molecule has 0 spiro atoms. The molecule has 140 valence electrons. The van der Waals surface area contributed by atoms with Crippen LogP contribution in [0, 0.1) is 0 Å². The number of benzene rings is 2. The number of phenolic OH excluding ortho intramolecular Hbond substituents is 2. The van der Waals surface area contributed by atoms with Crippen molar-refractivity contribution in [1.29, 1.82) is 0 Å².